The molecule has 0 unspecified atom stereocenters. The molecular formula is C26H38O12. The van der Waals surface area contributed by atoms with Crippen LogP contribution in [0.3, 0.4) is 0 Å². The number of hydrogen-bond donors (Lipinski definition) is 7. The van der Waals surface area contributed by atoms with Crippen LogP contribution in [0.2, 0.25) is 0 Å². The van der Waals surface area contributed by atoms with Crippen LogP contribution in [0.25, 0.3) is 0 Å². The van der Waals surface area contributed by atoms with E-state index in [2.05, 4.69) is 0 Å². The fourth-order valence-electron chi connectivity index (χ4n) is 9.06. The molecule has 0 aromatic rings. The lowest BCUT2D eigenvalue weighted by molar-refractivity contribution is -0.410. The Bertz CT molecular complexity index is 1030. The number of ether oxygens (including phenoxy) is 4. The molecule has 3 saturated heterocycles. The number of esters is 1. The van der Waals surface area contributed by atoms with E-state index in [9.17, 15) is 40.5 Å². The van der Waals surface area contributed by atoms with Crippen LogP contribution < -0.4 is 0 Å². The summed E-state index contributed by atoms with van der Waals surface area (Å²) >= 11 is 0. The Kier molecular flexibility index (Phi) is 6.15. The number of aliphatic hydroxyl groups excluding tert-OH is 7. The van der Waals surface area contributed by atoms with E-state index in [1.54, 1.807) is 13.8 Å². The smallest absolute Gasteiger partial charge is 0.306 e. The largest absolute Gasteiger partial charge is 0.461 e. The predicted octanol–water partition coefficient (Wildman–Crippen LogP) is -2.07. The Morgan fingerprint density at radius 1 is 1.00 bits per heavy atom. The molecule has 0 aromatic carbocycles. The highest BCUT2D eigenvalue weighted by atomic mass is 16.8. The van der Waals surface area contributed by atoms with Crippen LogP contribution in [0.1, 0.15) is 40.0 Å². The van der Waals surface area contributed by atoms with E-state index in [1.807, 2.05) is 6.92 Å². The van der Waals surface area contributed by atoms with Crippen molar-refractivity contribution in [3.63, 3.8) is 0 Å². The topological polar surface area (TPSA) is 196 Å². The number of fused-ring (bicyclic) bond motifs is 1. The third-order valence-electron chi connectivity index (χ3n) is 10.8. The van der Waals surface area contributed by atoms with Gasteiger partial charge in [-0.15, -0.1) is 0 Å². The standard InChI is InChI=1S/C26H38O12/c1-9-4-13(28)21(34)24(3)11(9)5-15-25-8-35-26(23(24)25,20(33)10(2)12(25)6-16(29)37-15)38-22-19(32)18(31)17(30)14(7-27)36-22/h10,12-15,17-23,27-28,30-34H,4-8H2,1-3H3/t10-,12+,13+,14+,15-,17+,18-,19+,20-,21-,22-,23-,24-,25-,26-/m1/s1. The second-order valence-corrected chi connectivity index (χ2v) is 12.4. The normalized spacial score (nSPS) is 57.8. The van der Waals surface area contributed by atoms with Crippen LogP contribution in [0, 0.1) is 28.6 Å². The average molecular weight is 543 g/mol. The van der Waals surface area contributed by atoms with Crippen molar-refractivity contribution in [3.8, 4) is 0 Å². The van der Waals surface area contributed by atoms with Crippen molar-refractivity contribution in [3.05, 3.63) is 11.1 Å². The van der Waals surface area contributed by atoms with Gasteiger partial charge >= 0.3 is 5.97 Å². The SMILES string of the molecule is CC1=C2C[C@H]3OC(=O)C[C@H]4[C@@H](C)[C@@H](O)[C@]5(O[C@H]6O[C@@H](CO)[C@H](O)[C@@H](O)[C@@H]6O)OC[C@]34[C@H]5[C@@]2(C)[C@H](O)[C@@H](O)C1. The molecule has 38 heavy (non-hydrogen) atoms. The molecule has 5 fully saturated rings. The maximum absolute atomic E-state index is 12.7. The lowest BCUT2D eigenvalue weighted by Gasteiger charge is -2.67. The van der Waals surface area contributed by atoms with Gasteiger partial charge in [-0.3, -0.25) is 4.79 Å². The van der Waals surface area contributed by atoms with Gasteiger partial charge in [0.25, 0.3) is 0 Å². The van der Waals surface area contributed by atoms with Crippen molar-refractivity contribution >= 4 is 5.97 Å². The molecule has 2 saturated carbocycles. The van der Waals surface area contributed by atoms with Crippen molar-refractivity contribution < 1.29 is 59.5 Å². The molecule has 0 radical (unpaired) electrons. The van der Waals surface area contributed by atoms with Crippen molar-refractivity contribution in [1.29, 1.82) is 0 Å². The Hall–Kier alpha value is -1.19. The summed E-state index contributed by atoms with van der Waals surface area (Å²) in [4.78, 5) is 12.7. The molecule has 214 valence electrons. The fraction of sp³-hybridized carbons (Fsp3) is 0.885. The first-order valence-electron chi connectivity index (χ1n) is 13.4. The molecule has 3 heterocycles. The first-order valence-corrected chi connectivity index (χ1v) is 13.4. The third kappa shape index (κ3) is 3.13. The Balaban J connectivity index is 1.53. The minimum atomic E-state index is -1.91. The highest BCUT2D eigenvalue weighted by Gasteiger charge is 2.82. The number of hydrogen-bond acceptors (Lipinski definition) is 12. The first-order chi connectivity index (χ1) is 17.8. The molecular weight excluding hydrogens is 504 g/mol. The zero-order chi connectivity index (χ0) is 27.5. The summed E-state index contributed by atoms with van der Waals surface area (Å²) in [5, 5.41) is 75.5. The second kappa shape index (κ2) is 8.65. The van der Waals surface area contributed by atoms with E-state index in [0.717, 1.165) is 11.1 Å². The lowest BCUT2D eigenvalue weighted by Crippen LogP contribution is -2.76. The number of aliphatic hydroxyl groups is 7. The van der Waals surface area contributed by atoms with Crippen LogP contribution in [0.5, 0.6) is 0 Å². The Morgan fingerprint density at radius 3 is 2.39 bits per heavy atom. The minimum absolute atomic E-state index is 0.0177. The number of rotatable bonds is 3. The first kappa shape index (κ1) is 27.0. The molecule has 7 N–H and O–H groups in total. The molecule has 12 heteroatoms. The van der Waals surface area contributed by atoms with Crippen molar-refractivity contribution in [2.24, 2.45) is 28.6 Å². The Labute approximate surface area is 219 Å². The van der Waals surface area contributed by atoms with Crippen LogP contribution >= 0.6 is 0 Å². The maximum Gasteiger partial charge on any atom is 0.306 e. The lowest BCUT2D eigenvalue weighted by atomic mass is 9.39. The zero-order valence-electron chi connectivity index (χ0n) is 21.6. The summed E-state index contributed by atoms with van der Waals surface area (Å²) < 4.78 is 24.4. The van der Waals surface area contributed by atoms with Gasteiger partial charge in [-0.05, 0) is 25.2 Å². The van der Waals surface area contributed by atoms with Crippen molar-refractivity contribution in [2.45, 2.75) is 101 Å². The molecule has 0 amide bonds. The van der Waals surface area contributed by atoms with E-state index in [1.165, 1.54) is 0 Å². The van der Waals surface area contributed by atoms with Crippen LogP contribution in [0.15, 0.2) is 11.1 Å². The van der Waals surface area contributed by atoms with Gasteiger partial charge in [-0.2, -0.15) is 0 Å². The van der Waals surface area contributed by atoms with Gasteiger partial charge in [-0.1, -0.05) is 25.0 Å². The summed E-state index contributed by atoms with van der Waals surface area (Å²) in [6.07, 6.45) is -11.7. The van der Waals surface area contributed by atoms with E-state index in [-0.39, 0.29) is 31.3 Å². The molecule has 12 nitrogen and oxygen atoms in total. The molecule has 6 rings (SSSR count). The third-order valence-corrected chi connectivity index (χ3v) is 10.8. The summed E-state index contributed by atoms with van der Waals surface area (Å²) in [7, 11) is 0. The van der Waals surface area contributed by atoms with Crippen LogP contribution in [-0.2, 0) is 23.7 Å². The molecule has 15 atom stereocenters. The fourth-order valence-corrected chi connectivity index (χ4v) is 9.06. The molecule has 0 aromatic heterocycles. The monoisotopic (exact) mass is 542 g/mol. The summed E-state index contributed by atoms with van der Waals surface area (Å²) in [5.41, 5.74) is -0.430. The van der Waals surface area contributed by atoms with E-state index < -0.39 is 90.2 Å². The van der Waals surface area contributed by atoms with Crippen molar-refractivity contribution in [2.75, 3.05) is 13.2 Å². The molecule has 3 aliphatic carbocycles. The second-order valence-electron chi connectivity index (χ2n) is 12.4. The summed E-state index contributed by atoms with van der Waals surface area (Å²) in [6, 6.07) is 0. The van der Waals surface area contributed by atoms with E-state index >= 15 is 0 Å². The molecule has 3 aliphatic heterocycles. The van der Waals surface area contributed by atoms with Gasteiger partial charge in [0.15, 0.2) is 6.29 Å². The quantitative estimate of drug-likeness (QED) is 0.152. The minimum Gasteiger partial charge on any atom is -0.461 e. The van der Waals surface area contributed by atoms with Crippen molar-refractivity contribution in [1.82, 2.24) is 0 Å². The van der Waals surface area contributed by atoms with Gasteiger partial charge in [0, 0.05) is 29.6 Å². The molecule has 2 bridgehead atoms. The van der Waals surface area contributed by atoms with Crippen LogP contribution in [-0.4, -0.2) is 116 Å². The highest BCUT2D eigenvalue weighted by molar-refractivity contribution is 5.72. The van der Waals surface area contributed by atoms with Gasteiger partial charge in [0.05, 0.1) is 25.4 Å². The van der Waals surface area contributed by atoms with E-state index in [4.69, 9.17) is 18.9 Å². The predicted molar refractivity (Wildman–Crippen MR) is 125 cm³/mol. The summed E-state index contributed by atoms with van der Waals surface area (Å²) in [5.74, 6) is -4.06. The highest BCUT2D eigenvalue weighted by Crippen LogP contribution is 2.74. The Morgan fingerprint density at radius 2 is 1.71 bits per heavy atom. The molecule has 1 spiro atoms. The zero-order valence-corrected chi connectivity index (χ0v) is 21.6. The average Bonchev–Trinajstić information content (AvgIpc) is 3.20. The maximum atomic E-state index is 12.7. The van der Waals surface area contributed by atoms with E-state index in [0.29, 0.717) is 6.42 Å². The molecule has 6 aliphatic rings. The van der Waals surface area contributed by atoms with Gasteiger partial charge in [0.2, 0.25) is 5.79 Å². The van der Waals surface area contributed by atoms with Crippen LogP contribution in [0.4, 0.5) is 0 Å². The summed E-state index contributed by atoms with van der Waals surface area (Å²) in [6.45, 7) is 4.80. The van der Waals surface area contributed by atoms with Gasteiger partial charge in [0.1, 0.15) is 36.6 Å². The number of carbonyl (C=O) groups excluding carboxylic acids is 1. The van der Waals surface area contributed by atoms with Gasteiger partial charge in [-0.25, -0.2) is 0 Å². The van der Waals surface area contributed by atoms with Gasteiger partial charge < -0.3 is 54.7 Å². The number of carbonyl (C=O) groups is 1.